The van der Waals surface area contributed by atoms with Crippen LogP contribution in [0.1, 0.15) is 28.1 Å². The molecule has 0 N–H and O–H groups in total. The Hall–Kier alpha value is -0.910. The Labute approximate surface area is 137 Å². The van der Waals surface area contributed by atoms with Gasteiger partial charge in [0.15, 0.2) is 0 Å². The molecule has 2 aliphatic rings. The normalized spacial score (nSPS) is 24.4. The van der Waals surface area contributed by atoms with Crippen molar-refractivity contribution in [2.75, 3.05) is 46.9 Å². The van der Waals surface area contributed by atoms with Crippen molar-refractivity contribution in [2.45, 2.75) is 19.8 Å². The van der Waals surface area contributed by atoms with Gasteiger partial charge in [0.2, 0.25) is 0 Å². The Morgan fingerprint density at radius 1 is 1.45 bits per heavy atom. The van der Waals surface area contributed by atoms with E-state index in [1.165, 1.54) is 0 Å². The first-order valence-corrected chi connectivity index (χ1v) is 8.96. The Morgan fingerprint density at radius 3 is 2.77 bits per heavy atom. The second-order valence-electron chi connectivity index (χ2n) is 7.05. The van der Waals surface area contributed by atoms with E-state index in [1.54, 1.807) is 11.3 Å². The molecule has 1 amide bonds. The highest BCUT2D eigenvalue weighted by atomic mass is 32.1. The first kappa shape index (κ1) is 16.0. The molecule has 2 aliphatic heterocycles. The molecule has 1 aromatic rings. The molecule has 5 heteroatoms. The number of amides is 1. The average Bonchev–Trinajstić information content (AvgIpc) is 3.04. The summed E-state index contributed by atoms with van der Waals surface area (Å²) in [5.74, 6) is 0.773. The number of thiophene rings is 1. The smallest absolute Gasteiger partial charge is 0.264 e. The molecule has 122 valence electrons. The van der Waals surface area contributed by atoms with Crippen molar-refractivity contribution in [1.82, 2.24) is 9.80 Å². The van der Waals surface area contributed by atoms with Gasteiger partial charge in [0.05, 0.1) is 4.88 Å². The molecular weight excluding hydrogens is 296 g/mol. The van der Waals surface area contributed by atoms with E-state index in [2.05, 4.69) is 23.9 Å². The Bertz CT molecular complexity index is 535. The van der Waals surface area contributed by atoms with Gasteiger partial charge >= 0.3 is 0 Å². The lowest BCUT2D eigenvalue weighted by Gasteiger charge is -2.38. The predicted octanol–water partition coefficient (Wildman–Crippen LogP) is 2.49. The number of likely N-dealkylation sites (tertiary alicyclic amines) is 1. The molecule has 0 bridgehead atoms. The van der Waals surface area contributed by atoms with E-state index in [4.69, 9.17) is 4.74 Å². The summed E-state index contributed by atoms with van der Waals surface area (Å²) in [6.45, 7) is 6.53. The van der Waals surface area contributed by atoms with Crippen LogP contribution in [0.5, 0.6) is 0 Å². The van der Waals surface area contributed by atoms with Crippen molar-refractivity contribution in [1.29, 1.82) is 0 Å². The number of aryl methyl sites for hydroxylation is 1. The Kier molecular flexibility index (Phi) is 4.57. The van der Waals surface area contributed by atoms with Crippen LogP contribution < -0.4 is 0 Å². The van der Waals surface area contributed by atoms with Crippen LogP contribution in [0.2, 0.25) is 0 Å². The highest BCUT2D eigenvalue weighted by molar-refractivity contribution is 7.12. The van der Waals surface area contributed by atoms with Gasteiger partial charge < -0.3 is 14.5 Å². The van der Waals surface area contributed by atoms with Gasteiger partial charge in [0, 0.05) is 32.8 Å². The quantitative estimate of drug-likeness (QED) is 0.857. The maximum atomic E-state index is 12.9. The zero-order chi connectivity index (χ0) is 15.7. The van der Waals surface area contributed by atoms with Gasteiger partial charge in [-0.25, -0.2) is 0 Å². The number of carbonyl (C=O) groups excluding carboxylic acids is 1. The lowest BCUT2D eigenvalue weighted by molar-refractivity contribution is -0.00450. The maximum absolute atomic E-state index is 12.9. The van der Waals surface area contributed by atoms with E-state index in [-0.39, 0.29) is 11.3 Å². The summed E-state index contributed by atoms with van der Waals surface area (Å²) in [4.78, 5) is 18.1. The molecule has 1 atom stereocenters. The summed E-state index contributed by atoms with van der Waals surface area (Å²) in [5, 5.41) is 2.01. The number of hydrogen-bond acceptors (Lipinski definition) is 4. The maximum Gasteiger partial charge on any atom is 0.264 e. The fourth-order valence-electron chi connectivity index (χ4n) is 3.96. The molecule has 2 fully saturated rings. The Morgan fingerprint density at radius 2 is 2.18 bits per heavy atom. The molecule has 4 nitrogen and oxygen atoms in total. The van der Waals surface area contributed by atoms with Crippen LogP contribution >= 0.6 is 11.3 Å². The fourth-order valence-corrected chi connectivity index (χ4v) is 4.85. The molecular formula is C17H26N2O2S. The third-order valence-corrected chi connectivity index (χ3v) is 6.23. The fraction of sp³-hybridized carbons (Fsp3) is 0.706. The van der Waals surface area contributed by atoms with E-state index in [0.717, 1.165) is 56.1 Å². The van der Waals surface area contributed by atoms with Crippen molar-refractivity contribution in [3.63, 3.8) is 0 Å². The zero-order valence-corrected chi connectivity index (χ0v) is 14.6. The predicted molar refractivity (Wildman–Crippen MR) is 89.5 cm³/mol. The van der Waals surface area contributed by atoms with Gasteiger partial charge in [-0.15, -0.1) is 11.3 Å². The lowest BCUT2D eigenvalue weighted by Crippen LogP contribution is -2.40. The minimum Gasteiger partial charge on any atom is -0.381 e. The molecule has 0 aromatic carbocycles. The number of nitrogens with zero attached hydrogens (tertiary/aromatic N) is 2. The topological polar surface area (TPSA) is 32.8 Å². The third kappa shape index (κ3) is 2.94. The minimum atomic E-state index is 0.222. The lowest BCUT2D eigenvalue weighted by atomic mass is 9.72. The van der Waals surface area contributed by atoms with Gasteiger partial charge in [-0.05, 0) is 62.2 Å². The monoisotopic (exact) mass is 322 g/mol. The number of hydrogen-bond donors (Lipinski definition) is 0. The molecule has 3 heterocycles. The molecule has 22 heavy (non-hydrogen) atoms. The summed E-state index contributed by atoms with van der Waals surface area (Å²) >= 11 is 1.57. The second-order valence-corrected chi connectivity index (χ2v) is 7.97. The number of ether oxygens (including phenoxy) is 1. The van der Waals surface area contributed by atoms with Crippen molar-refractivity contribution in [2.24, 2.45) is 11.3 Å². The van der Waals surface area contributed by atoms with Crippen LogP contribution in [0.15, 0.2) is 11.4 Å². The van der Waals surface area contributed by atoms with Crippen LogP contribution in [0.4, 0.5) is 0 Å². The van der Waals surface area contributed by atoms with Gasteiger partial charge in [-0.3, -0.25) is 4.79 Å². The molecule has 1 unspecified atom stereocenters. The highest BCUT2D eigenvalue weighted by Crippen LogP contribution is 2.45. The average molecular weight is 322 g/mol. The molecule has 0 saturated carbocycles. The highest BCUT2D eigenvalue weighted by Gasteiger charge is 2.48. The molecule has 1 spiro atoms. The van der Waals surface area contributed by atoms with Crippen molar-refractivity contribution < 1.29 is 9.53 Å². The first-order chi connectivity index (χ1) is 10.5. The summed E-state index contributed by atoms with van der Waals surface area (Å²) in [6.07, 6.45) is 2.16. The minimum absolute atomic E-state index is 0.222. The van der Waals surface area contributed by atoms with Crippen LogP contribution in [-0.4, -0.2) is 62.7 Å². The molecule has 3 rings (SSSR count). The Balaban J connectivity index is 1.80. The SMILES string of the molecule is Cc1ccsc1C(=O)N1CC(CN(C)C)C2(CCOCC2)C1. The summed E-state index contributed by atoms with van der Waals surface area (Å²) < 4.78 is 5.58. The molecule has 2 saturated heterocycles. The van der Waals surface area contributed by atoms with Gasteiger partial charge in [-0.2, -0.15) is 0 Å². The van der Waals surface area contributed by atoms with Gasteiger partial charge in [0.25, 0.3) is 5.91 Å². The van der Waals surface area contributed by atoms with Crippen LogP contribution in [0, 0.1) is 18.3 Å². The van der Waals surface area contributed by atoms with Crippen molar-refractivity contribution >= 4 is 17.2 Å². The third-order valence-electron chi connectivity index (χ3n) is 5.23. The molecule has 0 aliphatic carbocycles. The summed E-state index contributed by atoms with van der Waals surface area (Å²) in [5.41, 5.74) is 1.36. The van der Waals surface area contributed by atoms with E-state index >= 15 is 0 Å². The summed E-state index contributed by atoms with van der Waals surface area (Å²) in [6, 6.07) is 2.04. The standard InChI is InChI=1S/C17H26N2O2S/c1-13-4-9-22-15(13)16(20)19-11-14(10-18(2)3)17(12-19)5-7-21-8-6-17/h4,9,14H,5-8,10-12H2,1-3H3. The largest absolute Gasteiger partial charge is 0.381 e. The van der Waals surface area contributed by atoms with E-state index in [9.17, 15) is 4.79 Å². The van der Waals surface area contributed by atoms with Gasteiger partial charge in [-0.1, -0.05) is 0 Å². The van der Waals surface area contributed by atoms with E-state index < -0.39 is 0 Å². The summed E-state index contributed by atoms with van der Waals surface area (Å²) in [7, 11) is 4.25. The van der Waals surface area contributed by atoms with E-state index in [1.807, 2.05) is 18.4 Å². The van der Waals surface area contributed by atoms with Gasteiger partial charge in [0.1, 0.15) is 0 Å². The van der Waals surface area contributed by atoms with E-state index in [0.29, 0.717) is 5.92 Å². The molecule has 0 radical (unpaired) electrons. The van der Waals surface area contributed by atoms with Crippen molar-refractivity contribution in [3.05, 3.63) is 21.9 Å². The van der Waals surface area contributed by atoms with Crippen LogP contribution in [-0.2, 0) is 4.74 Å². The van der Waals surface area contributed by atoms with Crippen LogP contribution in [0.3, 0.4) is 0 Å². The number of rotatable bonds is 3. The second kappa shape index (κ2) is 6.30. The van der Waals surface area contributed by atoms with Crippen molar-refractivity contribution in [3.8, 4) is 0 Å². The number of carbonyl (C=O) groups is 1. The first-order valence-electron chi connectivity index (χ1n) is 8.08. The van der Waals surface area contributed by atoms with Crippen LogP contribution in [0.25, 0.3) is 0 Å². The zero-order valence-electron chi connectivity index (χ0n) is 13.8. The molecule has 1 aromatic heterocycles.